The summed E-state index contributed by atoms with van der Waals surface area (Å²) in [5.74, 6) is -0.772. The van der Waals surface area contributed by atoms with Crippen LogP contribution in [0.1, 0.15) is 28.7 Å². The fourth-order valence-electron chi connectivity index (χ4n) is 3.41. The van der Waals surface area contributed by atoms with Crippen LogP contribution < -0.4 is 10.1 Å². The van der Waals surface area contributed by atoms with E-state index < -0.39 is 22.9 Å². The highest BCUT2D eigenvalue weighted by Gasteiger charge is 2.24. The number of nitro groups is 1. The Morgan fingerprint density at radius 1 is 1.12 bits per heavy atom. The molecule has 1 atom stereocenters. The molecule has 1 aromatic heterocycles. The number of hydrogen-bond acceptors (Lipinski definition) is 6. The first kappa shape index (κ1) is 25.1. The van der Waals surface area contributed by atoms with Crippen LogP contribution in [-0.2, 0) is 9.53 Å². The van der Waals surface area contributed by atoms with Crippen molar-refractivity contribution in [3.63, 3.8) is 0 Å². The van der Waals surface area contributed by atoms with Gasteiger partial charge in [-0.05, 0) is 51.1 Å². The molecule has 0 saturated heterocycles. The Morgan fingerprint density at radius 2 is 1.82 bits per heavy atom. The fraction of sp³-hybridized carbons (Fsp3) is 0.217. The highest BCUT2D eigenvalue weighted by atomic mass is 35.5. The van der Waals surface area contributed by atoms with Gasteiger partial charge in [-0.15, -0.1) is 0 Å². The van der Waals surface area contributed by atoms with E-state index in [1.54, 1.807) is 31.2 Å². The highest BCUT2D eigenvalue weighted by molar-refractivity contribution is 6.34. The van der Waals surface area contributed by atoms with Crippen molar-refractivity contribution in [2.45, 2.75) is 26.9 Å². The molecule has 0 radical (unpaired) electrons. The lowest BCUT2D eigenvalue weighted by Gasteiger charge is -2.15. The van der Waals surface area contributed by atoms with E-state index in [9.17, 15) is 19.7 Å². The number of benzene rings is 2. The van der Waals surface area contributed by atoms with Gasteiger partial charge >= 0.3 is 5.97 Å². The van der Waals surface area contributed by atoms with Crippen LogP contribution in [-0.4, -0.2) is 34.6 Å². The van der Waals surface area contributed by atoms with Gasteiger partial charge < -0.3 is 19.4 Å². The van der Waals surface area contributed by atoms with Gasteiger partial charge in [-0.3, -0.25) is 14.9 Å². The van der Waals surface area contributed by atoms with Gasteiger partial charge in [0.15, 0.2) is 6.10 Å². The average Bonchev–Trinajstić information content (AvgIpc) is 3.08. The summed E-state index contributed by atoms with van der Waals surface area (Å²) in [4.78, 5) is 35.6. The van der Waals surface area contributed by atoms with Crippen LogP contribution in [0.2, 0.25) is 10.0 Å². The number of methoxy groups -OCH3 is 1. The zero-order valence-electron chi connectivity index (χ0n) is 18.7. The molecule has 0 aliphatic carbocycles. The number of non-ortho nitro benzene ring substituents is 1. The Kier molecular flexibility index (Phi) is 7.48. The molecule has 0 saturated carbocycles. The van der Waals surface area contributed by atoms with Gasteiger partial charge in [0.25, 0.3) is 11.6 Å². The molecule has 0 aliphatic rings. The molecule has 2 aromatic carbocycles. The second kappa shape index (κ2) is 10.1. The average molecular weight is 506 g/mol. The summed E-state index contributed by atoms with van der Waals surface area (Å²) >= 11 is 12.2. The predicted octanol–water partition coefficient (Wildman–Crippen LogP) is 5.50. The summed E-state index contributed by atoms with van der Waals surface area (Å²) in [6.07, 6.45) is -1.16. The second-order valence-electron chi connectivity index (χ2n) is 7.39. The van der Waals surface area contributed by atoms with Crippen molar-refractivity contribution < 1.29 is 24.0 Å². The van der Waals surface area contributed by atoms with Gasteiger partial charge in [0.2, 0.25) is 0 Å². The smallest absolute Gasteiger partial charge is 0.340 e. The highest BCUT2D eigenvalue weighted by Crippen LogP contribution is 2.31. The first-order chi connectivity index (χ1) is 16.0. The van der Waals surface area contributed by atoms with E-state index in [2.05, 4.69) is 5.32 Å². The minimum atomic E-state index is -1.16. The van der Waals surface area contributed by atoms with Crippen molar-refractivity contribution in [3.8, 4) is 11.4 Å². The SMILES string of the molecule is COc1ccc(Cl)cc1-n1c(C)cc(C(=O)O[C@H](C)C(=O)Nc2ccc([N+](=O)[O-])cc2Cl)c1C. The quantitative estimate of drug-likeness (QED) is 0.257. The van der Waals surface area contributed by atoms with Gasteiger partial charge in [0.1, 0.15) is 5.75 Å². The number of rotatable bonds is 7. The lowest BCUT2D eigenvalue weighted by atomic mass is 10.2. The maximum Gasteiger partial charge on any atom is 0.340 e. The number of anilines is 1. The third-order valence-corrected chi connectivity index (χ3v) is 5.66. The predicted molar refractivity (Wildman–Crippen MR) is 128 cm³/mol. The Bertz CT molecular complexity index is 1290. The van der Waals surface area contributed by atoms with Crippen LogP contribution in [0.3, 0.4) is 0 Å². The number of nitro benzene ring substituents is 1. The van der Waals surface area contributed by atoms with Crippen LogP contribution in [0.5, 0.6) is 5.75 Å². The van der Waals surface area contributed by atoms with Crippen molar-refractivity contribution in [2.75, 3.05) is 12.4 Å². The van der Waals surface area contributed by atoms with Gasteiger partial charge in [0, 0.05) is 28.5 Å². The normalized spacial score (nSPS) is 11.6. The number of halogens is 2. The minimum absolute atomic E-state index is 0.0138. The van der Waals surface area contributed by atoms with E-state index in [-0.39, 0.29) is 22.0 Å². The maximum absolute atomic E-state index is 12.9. The number of nitrogens with zero attached hydrogens (tertiary/aromatic N) is 2. The number of aryl methyl sites for hydroxylation is 1. The summed E-state index contributed by atoms with van der Waals surface area (Å²) in [6.45, 7) is 4.97. The number of amides is 1. The second-order valence-corrected chi connectivity index (χ2v) is 8.24. The number of carbonyl (C=O) groups is 2. The summed E-state index contributed by atoms with van der Waals surface area (Å²) in [5.41, 5.74) is 2.18. The van der Waals surface area contributed by atoms with Crippen LogP contribution in [0.15, 0.2) is 42.5 Å². The summed E-state index contributed by atoms with van der Waals surface area (Å²) in [7, 11) is 1.54. The zero-order chi connectivity index (χ0) is 25.2. The monoisotopic (exact) mass is 505 g/mol. The van der Waals surface area contributed by atoms with E-state index in [1.165, 1.54) is 26.2 Å². The molecule has 0 bridgehead atoms. The molecule has 0 aliphatic heterocycles. The van der Waals surface area contributed by atoms with E-state index in [0.29, 0.717) is 22.2 Å². The minimum Gasteiger partial charge on any atom is -0.495 e. The Balaban J connectivity index is 1.79. The maximum atomic E-state index is 12.9. The van der Waals surface area contributed by atoms with Crippen molar-refractivity contribution in [1.82, 2.24) is 4.57 Å². The molecule has 34 heavy (non-hydrogen) atoms. The molecular formula is C23H21Cl2N3O6. The number of esters is 1. The third kappa shape index (κ3) is 5.16. The summed E-state index contributed by atoms with van der Waals surface area (Å²) < 4.78 is 12.6. The molecule has 0 fully saturated rings. The van der Waals surface area contributed by atoms with Crippen LogP contribution >= 0.6 is 23.2 Å². The Morgan fingerprint density at radius 3 is 2.44 bits per heavy atom. The lowest BCUT2D eigenvalue weighted by molar-refractivity contribution is -0.384. The molecule has 3 aromatic rings. The molecule has 1 amide bonds. The van der Waals surface area contributed by atoms with Gasteiger partial charge in [-0.25, -0.2) is 4.79 Å². The first-order valence-corrected chi connectivity index (χ1v) is 10.8. The Labute approximate surface area is 205 Å². The topological polar surface area (TPSA) is 113 Å². The van der Waals surface area contributed by atoms with E-state index in [1.807, 2.05) is 11.5 Å². The van der Waals surface area contributed by atoms with Crippen molar-refractivity contribution in [2.24, 2.45) is 0 Å². The van der Waals surface area contributed by atoms with Gasteiger partial charge in [-0.1, -0.05) is 23.2 Å². The number of hydrogen-bond donors (Lipinski definition) is 1. The molecule has 9 nitrogen and oxygen atoms in total. The largest absolute Gasteiger partial charge is 0.495 e. The van der Waals surface area contributed by atoms with Crippen LogP contribution in [0.25, 0.3) is 5.69 Å². The van der Waals surface area contributed by atoms with Crippen molar-refractivity contribution in [3.05, 3.63) is 79.6 Å². The standard InChI is InChI=1S/C23H21Cl2N3O6/c1-12-9-17(13(2)27(12)20-10-15(24)5-8-21(20)33-4)23(30)34-14(3)22(29)26-19-7-6-16(28(31)32)11-18(19)25/h5-11,14H,1-4H3,(H,26,29)/t14-/m1/s1. The van der Waals surface area contributed by atoms with Gasteiger partial charge in [0.05, 0.1) is 34.0 Å². The fourth-order valence-corrected chi connectivity index (χ4v) is 3.80. The Hall–Kier alpha value is -3.56. The van der Waals surface area contributed by atoms with Crippen LogP contribution in [0, 0.1) is 24.0 Å². The molecule has 178 valence electrons. The summed E-state index contributed by atoms with van der Waals surface area (Å²) in [6, 6.07) is 10.4. The van der Waals surface area contributed by atoms with Crippen molar-refractivity contribution in [1.29, 1.82) is 0 Å². The number of aromatic nitrogens is 1. The molecule has 0 spiro atoms. The molecule has 11 heteroatoms. The lowest BCUT2D eigenvalue weighted by Crippen LogP contribution is -2.30. The third-order valence-electron chi connectivity index (χ3n) is 5.11. The van der Waals surface area contributed by atoms with Crippen LogP contribution in [0.4, 0.5) is 11.4 Å². The number of nitrogens with one attached hydrogen (secondary N) is 1. The summed E-state index contributed by atoms with van der Waals surface area (Å²) in [5, 5.41) is 13.8. The van der Waals surface area contributed by atoms with Gasteiger partial charge in [-0.2, -0.15) is 0 Å². The molecular weight excluding hydrogens is 485 g/mol. The first-order valence-electron chi connectivity index (χ1n) is 10.0. The molecule has 3 rings (SSSR count). The molecule has 0 unspecified atom stereocenters. The molecule has 1 heterocycles. The van der Waals surface area contributed by atoms with E-state index >= 15 is 0 Å². The zero-order valence-corrected chi connectivity index (χ0v) is 20.2. The van der Waals surface area contributed by atoms with Crippen molar-refractivity contribution >= 4 is 46.5 Å². The van der Waals surface area contributed by atoms with E-state index in [4.69, 9.17) is 32.7 Å². The molecule has 1 N–H and O–H groups in total. The number of carbonyl (C=O) groups excluding carboxylic acids is 2. The number of ether oxygens (including phenoxy) is 2. The van der Waals surface area contributed by atoms with E-state index in [0.717, 1.165) is 11.8 Å².